The lowest BCUT2D eigenvalue weighted by molar-refractivity contribution is 0.226. The fourth-order valence-corrected chi connectivity index (χ4v) is 3.95. The Morgan fingerprint density at radius 1 is 1.00 bits per heavy atom. The molecule has 0 N–H and O–H groups in total. The highest BCUT2D eigenvalue weighted by atomic mass is 79.9. The smallest absolute Gasteiger partial charge is 0.253 e. The van der Waals surface area contributed by atoms with E-state index in [0.29, 0.717) is 29.8 Å². The van der Waals surface area contributed by atoms with Gasteiger partial charge < -0.3 is 13.8 Å². The zero-order chi connectivity index (χ0) is 21.2. The van der Waals surface area contributed by atoms with Gasteiger partial charge in [0, 0.05) is 42.4 Å². The minimum absolute atomic E-state index is 0.435. The van der Waals surface area contributed by atoms with Gasteiger partial charge >= 0.3 is 0 Å². The van der Waals surface area contributed by atoms with E-state index in [1.165, 1.54) is 0 Å². The molecule has 1 aromatic carbocycles. The van der Waals surface area contributed by atoms with E-state index < -0.39 is 0 Å². The van der Waals surface area contributed by atoms with Gasteiger partial charge in [-0.25, -0.2) is 4.98 Å². The van der Waals surface area contributed by atoms with Crippen LogP contribution in [0.15, 0.2) is 62.1 Å². The fraction of sp³-hybridized carbons (Fsp3) is 0.273. The second kappa shape index (κ2) is 8.60. The predicted molar refractivity (Wildman–Crippen MR) is 119 cm³/mol. The molecule has 1 aliphatic heterocycles. The summed E-state index contributed by atoms with van der Waals surface area (Å²) in [6.07, 6.45) is 1.83. The van der Waals surface area contributed by atoms with Crippen LogP contribution in [0.25, 0.3) is 22.7 Å². The summed E-state index contributed by atoms with van der Waals surface area (Å²) in [6, 6.07) is 13.9. The normalized spacial score (nSPS) is 14.8. The maximum atomic E-state index is 6.00. The summed E-state index contributed by atoms with van der Waals surface area (Å²) in [6.45, 7) is 6.07. The molecule has 0 saturated carbocycles. The molecule has 0 aliphatic carbocycles. The van der Waals surface area contributed by atoms with Crippen molar-refractivity contribution in [3.8, 4) is 22.7 Å². The molecule has 0 spiro atoms. The molecule has 0 amide bonds. The number of hydrogen-bond donors (Lipinski definition) is 0. The van der Waals surface area contributed by atoms with E-state index in [9.17, 15) is 0 Å². The molecule has 4 heterocycles. The van der Waals surface area contributed by atoms with E-state index in [4.69, 9.17) is 8.94 Å². The van der Waals surface area contributed by atoms with E-state index in [0.717, 1.165) is 47.6 Å². The van der Waals surface area contributed by atoms with Gasteiger partial charge in [-0.2, -0.15) is 0 Å². The summed E-state index contributed by atoms with van der Waals surface area (Å²) >= 11 is 3.43. The maximum Gasteiger partial charge on any atom is 0.253 e. The highest BCUT2D eigenvalue weighted by Crippen LogP contribution is 2.33. The molecule has 31 heavy (non-hydrogen) atoms. The number of aryl methyl sites for hydroxylation is 1. The molecular weight excluding hydrogens is 460 g/mol. The molecule has 0 unspecified atom stereocenters. The third kappa shape index (κ3) is 4.24. The molecule has 9 heteroatoms. The quantitative estimate of drug-likeness (QED) is 0.420. The van der Waals surface area contributed by atoms with Gasteiger partial charge in [-0.3, -0.25) is 4.90 Å². The molecule has 158 valence electrons. The first-order chi connectivity index (χ1) is 15.2. The number of halogens is 1. The minimum atomic E-state index is 0.435. The maximum absolute atomic E-state index is 6.00. The van der Waals surface area contributed by atoms with Crippen molar-refractivity contribution >= 4 is 21.7 Å². The third-order valence-corrected chi connectivity index (χ3v) is 5.83. The van der Waals surface area contributed by atoms with Crippen LogP contribution in [-0.4, -0.2) is 51.4 Å². The van der Waals surface area contributed by atoms with Crippen molar-refractivity contribution in [3.05, 3.63) is 64.8 Å². The van der Waals surface area contributed by atoms with Crippen LogP contribution in [0.4, 0.5) is 5.82 Å². The fourth-order valence-electron chi connectivity index (χ4n) is 3.72. The monoisotopic (exact) mass is 480 g/mol. The van der Waals surface area contributed by atoms with Crippen LogP contribution < -0.4 is 4.90 Å². The molecule has 1 fully saturated rings. The number of anilines is 1. The van der Waals surface area contributed by atoms with Crippen LogP contribution in [0.3, 0.4) is 0 Å². The number of rotatable bonds is 5. The molecule has 4 aromatic rings. The van der Waals surface area contributed by atoms with Crippen LogP contribution in [0.5, 0.6) is 0 Å². The van der Waals surface area contributed by atoms with Gasteiger partial charge in [-0.1, -0.05) is 35.5 Å². The van der Waals surface area contributed by atoms with Gasteiger partial charge in [0.25, 0.3) is 5.89 Å². The largest absolute Gasteiger partial charge is 0.419 e. The molecule has 5 rings (SSSR count). The SMILES string of the molecule is Cc1onc(-c2ccccc2)c1-c1nnc(CN2CCN(c3ccc(Br)cn3)CC2)o1. The standard InChI is InChI=1S/C22H21BrN6O2/c1-15-20(21(27-31-15)16-5-3-2-4-6-16)22-26-25-19(30-22)14-28-9-11-29(12-10-28)18-8-7-17(23)13-24-18/h2-8,13H,9-12,14H2,1H3. The van der Waals surface area contributed by atoms with Crippen molar-refractivity contribution < 1.29 is 8.94 Å². The minimum Gasteiger partial charge on any atom is -0.419 e. The second-order valence-electron chi connectivity index (χ2n) is 7.43. The van der Waals surface area contributed by atoms with Crippen molar-refractivity contribution in [2.24, 2.45) is 0 Å². The first-order valence-electron chi connectivity index (χ1n) is 10.1. The number of aromatic nitrogens is 4. The van der Waals surface area contributed by atoms with Gasteiger partial charge in [0.1, 0.15) is 22.8 Å². The van der Waals surface area contributed by atoms with Gasteiger partial charge in [0.2, 0.25) is 5.89 Å². The van der Waals surface area contributed by atoms with E-state index >= 15 is 0 Å². The van der Waals surface area contributed by atoms with Crippen molar-refractivity contribution in [1.29, 1.82) is 0 Å². The molecule has 0 atom stereocenters. The van der Waals surface area contributed by atoms with Crippen LogP contribution in [0, 0.1) is 6.92 Å². The van der Waals surface area contributed by atoms with Crippen molar-refractivity contribution in [1.82, 2.24) is 25.2 Å². The highest BCUT2D eigenvalue weighted by molar-refractivity contribution is 9.10. The Hall–Kier alpha value is -3.04. The number of pyridine rings is 1. The number of nitrogens with zero attached hydrogens (tertiary/aromatic N) is 6. The first kappa shape index (κ1) is 19.9. The lowest BCUT2D eigenvalue weighted by atomic mass is 10.1. The Morgan fingerprint density at radius 3 is 2.55 bits per heavy atom. The Balaban J connectivity index is 1.26. The van der Waals surface area contributed by atoms with Gasteiger partial charge in [0.15, 0.2) is 0 Å². The number of benzene rings is 1. The van der Waals surface area contributed by atoms with Gasteiger partial charge in [-0.15, -0.1) is 10.2 Å². The summed E-state index contributed by atoms with van der Waals surface area (Å²) in [5, 5.41) is 12.7. The summed E-state index contributed by atoms with van der Waals surface area (Å²) < 4.78 is 12.4. The predicted octanol–water partition coefficient (Wildman–Crippen LogP) is 4.18. The Kier molecular flexibility index (Phi) is 5.52. The van der Waals surface area contributed by atoms with Crippen LogP contribution in [0.1, 0.15) is 11.7 Å². The van der Waals surface area contributed by atoms with E-state index in [-0.39, 0.29) is 0 Å². The lowest BCUT2D eigenvalue weighted by Crippen LogP contribution is -2.46. The summed E-state index contributed by atoms with van der Waals surface area (Å²) in [5.74, 6) is 2.68. The lowest BCUT2D eigenvalue weighted by Gasteiger charge is -2.34. The van der Waals surface area contributed by atoms with Crippen molar-refractivity contribution in [2.75, 3.05) is 31.1 Å². The summed E-state index contributed by atoms with van der Waals surface area (Å²) in [7, 11) is 0. The molecule has 0 radical (unpaired) electrons. The van der Waals surface area contributed by atoms with Crippen LogP contribution in [-0.2, 0) is 6.54 Å². The van der Waals surface area contributed by atoms with Crippen molar-refractivity contribution in [3.63, 3.8) is 0 Å². The zero-order valence-electron chi connectivity index (χ0n) is 17.0. The van der Waals surface area contributed by atoms with Crippen LogP contribution in [0.2, 0.25) is 0 Å². The molecule has 0 bridgehead atoms. The average molecular weight is 481 g/mol. The molecule has 3 aromatic heterocycles. The van der Waals surface area contributed by atoms with E-state index in [1.54, 1.807) is 0 Å². The summed E-state index contributed by atoms with van der Waals surface area (Å²) in [4.78, 5) is 9.09. The number of hydrogen-bond acceptors (Lipinski definition) is 8. The van der Waals surface area contributed by atoms with Gasteiger partial charge in [-0.05, 0) is 35.0 Å². The summed E-state index contributed by atoms with van der Waals surface area (Å²) in [5.41, 5.74) is 2.41. The van der Waals surface area contributed by atoms with Crippen molar-refractivity contribution in [2.45, 2.75) is 13.5 Å². The van der Waals surface area contributed by atoms with Crippen LogP contribution >= 0.6 is 15.9 Å². The van der Waals surface area contributed by atoms with E-state index in [1.807, 2.05) is 55.6 Å². The Bertz CT molecular complexity index is 1150. The topological polar surface area (TPSA) is 84.3 Å². The highest BCUT2D eigenvalue weighted by Gasteiger charge is 2.24. The molecule has 8 nitrogen and oxygen atoms in total. The molecular formula is C22H21BrN6O2. The molecule has 1 aliphatic rings. The van der Waals surface area contributed by atoms with Gasteiger partial charge in [0.05, 0.1) is 6.54 Å². The second-order valence-corrected chi connectivity index (χ2v) is 8.34. The Labute approximate surface area is 188 Å². The zero-order valence-corrected chi connectivity index (χ0v) is 18.6. The molecule has 1 saturated heterocycles. The third-order valence-electron chi connectivity index (χ3n) is 5.36. The average Bonchev–Trinajstić information content (AvgIpc) is 3.41. The number of piperazine rings is 1. The van der Waals surface area contributed by atoms with E-state index in [2.05, 4.69) is 46.1 Å². The Morgan fingerprint density at radius 2 is 1.81 bits per heavy atom. The first-order valence-corrected chi connectivity index (χ1v) is 10.9.